The number of hydrogen-bond acceptors (Lipinski definition) is 5. The number of hydrogen-bond donors (Lipinski definition) is 3. The van der Waals surface area contributed by atoms with E-state index in [0.29, 0.717) is 23.6 Å². The Balaban J connectivity index is 1.58. The Hall–Kier alpha value is -1.85. The van der Waals surface area contributed by atoms with Gasteiger partial charge in [-0.25, -0.2) is 9.97 Å². The number of carbonyl (C=O) groups excluding carboxylic acids is 1. The number of anilines is 2. The summed E-state index contributed by atoms with van der Waals surface area (Å²) in [4.78, 5) is 20.1. The molecule has 0 aliphatic heterocycles. The molecule has 1 amide bonds. The van der Waals surface area contributed by atoms with E-state index in [0.717, 1.165) is 31.5 Å². The van der Waals surface area contributed by atoms with Gasteiger partial charge in [0.15, 0.2) is 0 Å². The van der Waals surface area contributed by atoms with Gasteiger partial charge in [-0.1, -0.05) is 0 Å². The fourth-order valence-electron chi connectivity index (χ4n) is 1.78. The van der Waals surface area contributed by atoms with Crippen LogP contribution in [0.5, 0.6) is 0 Å². The molecule has 4 N–H and O–H groups in total. The van der Waals surface area contributed by atoms with Gasteiger partial charge in [0.1, 0.15) is 17.5 Å². The summed E-state index contributed by atoms with van der Waals surface area (Å²) in [5.74, 6) is 2.34. The average Bonchev–Trinajstić information content (AvgIpc) is 3.18. The monoisotopic (exact) mass is 247 g/mol. The zero-order chi connectivity index (χ0) is 12.5. The molecule has 0 spiro atoms. The molecular formula is C12H17N5O. The maximum absolute atomic E-state index is 11.5. The fourth-order valence-corrected chi connectivity index (χ4v) is 1.78. The number of aromatic nitrogens is 2. The van der Waals surface area contributed by atoms with Gasteiger partial charge in [-0.3, -0.25) is 4.79 Å². The zero-order valence-corrected chi connectivity index (χ0v) is 10.1. The minimum Gasteiger partial charge on any atom is -0.384 e. The van der Waals surface area contributed by atoms with Crippen LogP contribution in [0.15, 0.2) is 6.07 Å². The normalized spacial score (nSPS) is 18.4. The van der Waals surface area contributed by atoms with Crippen LogP contribution in [0.4, 0.5) is 11.6 Å². The summed E-state index contributed by atoms with van der Waals surface area (Å²) in [5.41, 5.74) is 5.73. The molecule has 1 aromatic heterocycles. The first-order valence-electron chi connectivity index (χ1n) is 6.38. The lowest BCUT2D eigenvalue weighted by Crippen LogP contribution is -2.31. The Bertz CT molecular complexity index is 468. The van der Waals surface area contributed by atoms with E-state index in [-0.39, 0.29) is 12.5 Å². The fraction of sp³-hybridized carbons (Fsp3) is 0.583. The van der Waals surface area contributed by atoms with Crippen molar-refractivity contribution in [2.24, 2.45) is 0 Å². The SMILES string of the molecule is Nc1cc(NCC(=O)NC2CC2)nc(C2CC2)n1. The van der Waals surface area contributed by atoms with Crippen LogP contribution in [-0.2, 0) is 4.79 Å². The molecule has 2 aliphatic carbocycles. The second kappa shape index (κ2) is 4.44. The summed E-state index contributed by atoms with van der Waals surface area (Å²) in [6.45, 7) is 0.233. The van der Waals surface area contributed by atoms with Crippen LogP contribution < -0.4 is 16.4 Å². The molecule has 0 atom stereocenters. The Morgan fingerprint density at radius 3 is 2.78 bits per heavy atom. The number of nitrogens with zero attached hydrogens (tertiary/aromatic N) is 2. The first-order chi connectivity index (χ1) is 8.70. The Morgan fingerprint density at radius 1 is 1.33 bits per heavy atom. The minimum atomic E-state index is 0.00246. The lowest BCUT2D eigenvalue weighted by molar-refractivity contribution is -0.119. The van der Waals surface area contributed by atoms with Crippen LogP contribution in [0.3, 0.4) is 0 Å². The van der Waals surface area contributed by atoms with Gasteiger partial charge in [-0.2, -0.15) is 0 Å². The summed E-state index contributed by atoms with van der Waals surface area (Å²) >= 11 is 0. The summed E-state index contributed by atoms with van der Waals surface area (Å²) in [5, 5.41) is 5.91. The van der Waals surface area contributed by atoms with E-state index in [2.05, 4.69) is 20.6 Å². The maximum atomic E-state index is 11.5. The molecule has 0 saturated heterocycles. The predicted octanol–water partition coefficient (Wildman–Crippen LogP) is 0.627. The molecule has 0 bridgehead atoms. The van der Waals surface area contributed by atoms with Crippen LogP contribution in [0.2, 0.25) is 0 Å². The highest BCUT2D eigenvalue weighted by molar-refractivity contribution is 5.81. The van der Waals surface area contributed by atoms with E-state index in [1.54, 1.807) is 6.07 Å². The highest BCUT2D eigenvalue weighted by Crippen LogP contribution is 2.38. The molecule has 0 radical (unpaired) electrons. The third-order valence-corrected chi connectivity index (χ3v) is 3.08. The molecule has 0 unspecified atom stereocenters. The van der Waals surface area contributed by atoms with Crippen molar-refractivity contribution in [1.29, 1.82) is 0 Å². The molecule has 2 saturated carbocycles. The number of nitrogen functional groups attached to an aromatic ring is 1. The van der Waals surface area contributed by atoms with Crippen LogP contribution in [0, 0.1) is 0 Å². The number of rotatable bonds is 5. The van der Waals surface area contributed by atoms with Gasteiger partial charge in [0.2, 0.25) is 5.91 Å². The van der Waals surface area contributed by atoms with Gasteiger partial charge < -0.3 is 16.4 Å². The van der Waals surface area contributed by atoms with Crippen LogP contribution >= 0.6 is 0 Å². The molecule has 6 heteroatoms. The third-order valence-electron chi connectivity index (χ3n) is 3.08. The second-order valence-corrected chi connectivity index (χ2v) is 5.01. The van der Waals surface area contributed by atoms with Gasteiger partial charge in [-0.05, 0) is 25.7 Å². The molecule has 96 valence electrons. The Labute approximate surface area is 105 Å². The highest BCUT2D eigenvalue weighted by Gasteiger charge is 2.27. The van der Waals surface area contributed by atoms with Crippen molar-refractivity contribution in [1.82, 2.24) is 15.3 Å². The molecule has 6 nitrogen and oxygen atoms in total. The molecule has 1 heterocycles. The van der Waals surface area contributed by atoms with Crippen molar-refractivity contribution in [3.05, 3.63) is 11.9 Å². The van der Waals surface area contributed by atoms with Gasteiger partial charge >= 0.3 is 0 Å². The van der Waals surface area contributed by atoms with Crippen molar-refractivity contribution in [2.75, 3.05) is 17.6 Å². The Morgan fingerprint density at radius 2 is 2.11 bits per heavy atom. The van der Waals surface area contributed by atoms with Crippen LogP contribution in [0.25, 0.3) is 0 Å². The van der Waals surface area contributed by atoms with Crippen molar-refractivity contribution in [2.45, 2.75) is 37.6 Å². The number of carbonyl (C=O) groups is 1. The predicted molar refractivity (Wildman–Crippen MR) is 68.1 cm³/mol. The van der Waals surface area contributed by atoms with Crippen LogP contribution in [0.1, 0.15) is 37.4 Å². The number of amides is 1. The van der Waals surface area contributed by atoms with E-state index >= 15 is 0 Å². The summed E-state index contributed by atoms with van der Waals surface area (Å²) < 4.78 is 0. The van der Waals surface area contributed by atoms with Crippen molar-refractivity contribution < 1.29 is 4.79 Å². The first-order valence-corrected chi connectivity index (χ1v) is 6.38. The van der Waals surface area contributed by atoms with Gasteiger partial charge in [0.05, 0.1) is 6.54 Å². The first kappa shape index (κ1) is 11.3. The van der Waals surface area contributed by atoms with Gasteiger partial charge in [0, 0.05) is 18.0 Å². The Kier molecular flexibility index (Phi) is 2.77. The highest BCUT2D eigenvalue weighted by atomic mass is 16.2. The van der Waals surface area contributed by atoms with E-state index in [9.17, 15) is 4.79 Å². The topological polar surface area (TPSA) is 92.9 Å². The second-order valence-electron chi connectivity index (χ2n) is 5.01. The molecule has 2 aliphatic rings. The quantitative estimate of drug-likeness (QED) is 0.709. The molecule has 18 heavy (non-hydrogen) atoms. The van der Waals surface area contributed by atoms with Crippen molar-refractivity contribution >= 4 is 17.5 Å². The molecule has 1 aromatic rings. The average molecular weight is 247 g/mol. The number of nitrogens with one attached hydrogen (secondary N) is 2. The summed E-state index contributed by atoms with van der Waals surface area (Å²) in [6, 6.07) is 2.05. The summed E-state index contributed by atoms with van der Waals surface area (Å²) in [6.07, 6.45) is 4.45. The molecular weight excluding hydrogens is 230 g/mol. The standard InChI is InChI=1S/C12H17N5O/c13-9-5-10(17-12(16-9)7-1-2-7)14-6-11(18)15-8-3-4-8/h5,7-8H,1-4,6H2,(H,15,18)(H3,13,14,16,17). The molecule has 0 aromatic carbocycles. The van der Waals surface area contributed by atoms with Gasteiger partial charge in [0.25, 0.3) is 0 Å². The lowest BCUT2D eigenvalue weighted by Gasteiger charge is -2.08. The molecule has 3 rings (SSSR count). The largest absolute Gasteiger partial charge is 0.384 e. The minimum absolute atomic E-state index is 0.00246. The maximum Gasteiger partial charge on any atom is 0.239 e. The smallest absolute Gasteiger partial charge is 0.239 e. The van der Waals surface area contributed by atoms with E-state index in [4.69, 9.17) is 5.73 Å². The summed E-state index contributed by atoms with van der Waals surface area (Å²) in [7, 11) is 0. The van der Waals surface area contributed by atoms with Crippen molar-refractivity contribution in [3.63, 3.8) is 0 Å². The third kappa shape index (κ3) is 2.88. The zero-order valence-electron chi connectivity index (χ0n) is 10.1. The van der Waals surface area contributed by atoms with Gasteiger partial charge in [-0.15, -0.1) is 0 Å². The lowest BCUT2D eigenvalue weighted by atomic mass is 10.3. The van der Waals surface area contributed by atoms with E-state index in [1.165, 1.54) is 0 Å². The van der Waals surface area contributed by atoms with E-state index < -0.39 is 0 Å². The number of nitrogens with two attached hydrogens (primary N) is 1. The van der Waals surface area contributed by atoms with E-state index in [1.807, 2.05) is 0 Å². The molecule has 2 fully saturated rings. The van der Waals surface area contributed by atoms with Crippen molar-refractivity contribution in [3.8, 4) is 0 Å². The van der Waals surface area contributed by atoms with Crippen LogP contribution in [-0.4, -0.2) is 28.5 Å².